The normalized spacial score (nSPS) is 17.5. The summed E-state index contributed by atoms with van der Waals surface area (Å²) >= 11 is 0. The van der Waals surface area contributed by atoms with E-state index in [2.05, 4.69) is 37.4 Å². The van der Waals surface area contributed by atoms with E-state index in [1.807, 2.05) is 0 Å². The van der Waals surface area contributed by atoms with Gasteiger partial charge in [0.1, 0.15) is 0 Å². The lowest BCUT2D eigenvalue weighted by Crippen LogP contribution is -2.24. The Morgan fingerprint density at radius 2 is 1.87 bits per heavy atom. The number of hydrogen-bond donors (Lipinski definition) is 2. The van der Waals surface area contributed by atoms with Gasteiger partial charge < -0.3 is 11.1 Å². The number of hydrogen-bond acceptors (Lipinski definition) is 2. The summed E-state index contributed by atoms with van der Waals surface area (Å²) in [5.41, 5.74) is 10.1. The van der Waals surface area contributed by atoms with Crippen LogP contribution in [0.25, 0.3) is 0 Å². The summed E-state index contributed by atoms with van der Waals surface area (Å²) in [5.74, 6) is 0. The molecule has 2 nitrogen and oxygen atoms in total. The molecule has 0 bridgehead atoms. The number of aryl methyl sites for hydroxylation is 2. The van der Waals surface area contributed by atoms with E-state index in [1.165, 1.54) is 29.7 Å². The number of anilines is 1. The van der Waals surface area contributed by atoms with Gasteiger partial charge in [-0.3, -0.25) is 0 Å². The van der Waals surface area contributed by atoms with Gasteiger partial charge >= 0.3 is 0 Å². The van der Waals surface area contributed by atoms with Crippen molar-refractivity contribution in [1.82, 2.24) is 0 Å². The molecule has 0 spiro atoms. The van der Waals surface area contributed by atoms with Crippen molar-refractivity contribution in [2.45, 2.75) is 26.7 Å². The SMILES string of the molecule is Cc1cccc(C)c1NCC1(CN)CC1. The Labute approximate surface area is 91.9 Å². The summed E-state index contributed by atoms with van der Waals surface area (Å²) in [7, 11) is 0. The van der Waals surface area contributed by atoms with Crippen molar-refractivity contribution in [2.24, 2.45) is 11.1 Å². The molecule has 0 radical (unpaired) electrons. The minimum absolute atomic E-state index is 0.398. The van der Waals surface area contributed by atoms with Crippen LogP contribution in [0.1, 0.15) is 24.0 Å². The van der Waals surface area contributed by atoms with E-state index in [9.17, 15) is 0 Å². The lowest BCUT2D eigenvalue weighted by molar-refractivity contribution is 0.555. The molecular weight excluding hydrogens is 184 g/mol. The second-order valence-electron chi connectivity index (χ2n) is 4.82. The number of nitrogens with two attached hydrogens (primary N) is 1. The number of nitrogens with one attached hydrogen (secondary N) is 1. The molecule has 2 heteroatoms. The van der Waals surface area contributed by atoms with E-state index in [4.69, 9.17) is 5.73 Å². The Kier molecular flexibility index (Phi) is 2.70. The Morgan fingerprint density at radius 1 is 1.27 bits per heavy atom. The van der Waals surface area contributed by atoms with Crippen LogP contribution < -0.4 is 11.1 Å². The molecule has 1 aliphatic carbocycles. The van der Waals surface area contributed by atoms with Gasteiger partial charge in [-0.1, -0.05) is 18.2 Å². The molecule has 0 heterocycles. The average Bonchev–Trinajstić information content (AvgIpc) is 2.98. The standard InChI is InChI=1S/C13H20N2/c1-10-4-3-5-11(2)12(10)15-9-13(8-14)6-7-13/h3-5,15H,6-9,14H2,1-2H3. The van der Waals surface area contributed by atoms with E-state index in [0.717, 1.165) is 13.1 Å². The molecule has 1 saturated carbocycles. The zero-order chi connectivity index (χ0) is 10.9. The topological polar surface area (TPSA) is 38.0 Å². The highest BCUT2D eigenvalue weighted by Gasteiger charge is 2.40. The van der Waals surface area contributed by atoms with Crippen LogP contribution >= 0.6 is 0 Å². The van der Waals surface area contributed by atoms with E-state index in [0.29, 0.717) is 5.41 Å². The van der Waals surface area contributed by atoms with Gasteiger partial charge in [-0.25, -0.2) is 0 Å². The zero-order valence-electron chi connectivity index (χ0n) is 9.64. The summed E-state index contributed by atoms with van der Waals surface area (Å²) in [4.78, 5) is 0. The molecule has 0 aliphatic heterocycles. The van der Waals surface area contributed by atoms with Crippen LogP contribution in [0, 0.1) is 19.3 Å². The molecule has 3 N–H and O–H groups in total. The Balaban J connectivity index is 2.05. The molecule has 15 heavy (non-hydrogen) atoms. The highest BCUT2D eigenvalue weighted by molar-refractivity contribution is 5.56. The van der Waals surface area contributed by atoms with E-state index < -0.39 is 0 Å². The van der Waals surface area contributed by atoms with Crippen molar-refractivity contribution in [3.8, 4) is 0 Å². The van der Waals surface area contributed by atoms with Crippen LogP contribution in [-0.2, 0) is 0 Å². The highest BCUT2D eigenvalue weighted by atomic mass is 14.9. The molecule has 2 rings (SSSR count). The minimum atomic E-state index is 0.398. The van der Waals surface area contributed by atoms with Crippen LogP contribution in [0.2, 0.25) is 0 Å². The van der Waals surface area contributed by atoms with Gasteiger partial charge in [-0.05, 0) is 49.8 Å². The predicted molar refractivity (Wildman–Crippen MR) is 65.1 cm³/mol. The lowest BCUT2D eigenvalue weighted by Gasteiger charge is -2.17. The van der Waals surface area contributed by atoms with Gasteiger partial charge in [-0.15, -0.1) is 0 Å². The third-order valence-electron chi connectivity index (χ3n) is 3.51. The second-order valence-corrected chi connectivity index (χ2v) is 4.82. The first-order chi connectivity index (χ1) is 7.17. The molecule has 82 valence electrons. The zero-order valence-corrected chi connectivity index (χ0v) is 9.64. The van der Waals surface area contributed by atoms with Crippen molar-refractivity contribution >= 4 is 5.69 Å². The first-order valence-electron chi connectivity index (χ1n) is 5.67. The molecule has 1 aromatic carbocycles. The third kappa shape index (κ3) is 2.15. The quantitative estimate of drug-likeness (QED) is 0.790. The summed E-state index contributed by atoms with van der Waals surface area (Å²) in [6.07, 6.45) is 2.56. The predicted octanol–water partition coefficient (Wildman–Crippen LogP) is 2.45. The second kappa shape index (κ2) is 3.86. The maximum absolute atomic E-state index is 5.77. The lowest BCUT2D eigenvalue weighted by atomic mass is 10.1. The molecule has 1 fully saturated rings. The van der Waals surface area contributed by atoms with Crippen molar-refractivity contribution in [2.75, 3.05) is 18.4 Å². The molecular formula is C13H20N2. The number of rotatable bonds is 4. The number of para-hydroxylation sites is 1. The highest BCUT2D eigenvalue weighted by Crippen LogP contribution is 2.44. The van der Waals surface area contributed by atoms with Crippen LogP contribution in [0.5, 0.6) is 0 Å². The van der Waals surface area contributed by atoms with E-state index >= 15 is 0 Å². The molecule has 0 atom stereocenters. The molecule has 0 saturated heterocycles. The molecule has 0 aromatic heterocycles. The van der Waals surface area contributed by atoms with Gasteiger partial charge in [0.05, 0.1) is 0 Å². The Morgan fingerprint density at radius 3 is 2.33 bits per heavy atom. The number of benzene rings is 1. The first-order valence-corrected chi connectivity index (χ1v) is 5.67. The molecule has 0 amide bonds. The third-order valence-corrected chi connectivity index (χ3v) is 3.51. The fourth-order valence-corrected chi connectivity index (χ4v) is 2.00. The minimum Gasteiger partial charge on any atom is -0.384 e. The van der Waals surface area contributed by atoms with Crippen molar-refractivity contribution in [1.29, 1.82) is 0 Å². The van der Waals surface area contributed by atoms with E-state index in [-0.39, 0.29) is 0 Å². The maximum Gasteiger partial charge on any atom is 0.0399 e. The van der Waals surface area contributed by atoms with Gasteiger partial charge in [0.25, 0.3) is 0 Å². The molecule has 0 unspecified atom stereocenters. The maximum atomic E-state index is 5.77. The van der Waals surface area contributed by atoms with Gasteiger partial charge in [-0.2, -0.15) is 0 Å². The Hall–Kier alpha value is -1.02. The molecule has 1 aromatic rings. The fourth-order valence-electron chi connectivity index (χ4n) is 2.00. The summed E-state index contributed by atoms with van der Waals surface area (Å²) in [6, 6.07) is 6.40. The van der Waals surface area contributed by atoms with Crippen LogP contribution in [0.15, 0.2) is 18.2 Å². The fraction of sp³-hybridized carbons (Fsp3) is 0.538. The van der Waals surface area contributed by atoms with Gasteiger partial charge in [0.15, 0.2) is 0 Å². The van der Waals surface area contributed by atoms with Crippen molar-refractivity contribution in [3.05, 3.63) is 29.3 Å². The van der Waals surface area contributed by atoms with Gasteiger partial charge in [0.2, 0.25) is 0 Å². The van der Waals surface area contributed by atoms with Crippen LogP contribution in [0.4, 0.5) is 5.69 Å². The van der Waals surface area contributed by atoms with Crippen molar-refractivity contribution < 1.29 is 0 Å². The Bertz CT molecular complexity index is 333. The summed E-state index contributed by atoms with van der Waals surface area (Å²) in [5, 5.41) is 3.55. The largest absolute Gasteiger partial charge is 0.384 e. The van der Waals surface area contributed by atoms with Crippen molar-refractivity contribution in [3.63, 3.8) is 0 Å². The molecule has 1 aliphatic rings. The average molecular weight is 204 g/mol. The first kappa shape index (κ1) is 10.5. The summed E-state index contributed by atoms with van der Waals surface area (Å²) in [6.45, 7) is 6.13. The van der Waals surface area contributed by atoms with E-state index in [1.54, 1.807) is 0 Å². The summed E-state index contributed by atoms with van der Waals surface area (Å²) < 4.78 is 0. The van der Waals surface area contributed by atoms with Crippen LogP contribution in [-0.4, -0.2) is 13.1 Å². The monoisotopic (exact) mass is 204 g/mol. The van der Waals surface area contributed by atoms with Crippen LogP contribution in [0.3, 0.4) is 0 Å². The smallest absolute Gasteiger partial charge is 0.0399 e. The van der Waals surface area contributed by atoms with Gasteiger partial charge in [0, 0.05) is 12.2 Å².